The number of aromatic hydroxyl groups is 1. The molecule has 0 aliphatic rings. The van der Waals surface area contributed by atoms with Gasteiger partial charge in [-0.3, -0.25) is 0 Å². The molecule has 1 N–H and O–H groups in total. The number of rotatable bonds is 1. The Labute approximate surface area is 98.1 Å². The highest BCUT2D eigenvalue weighted by Gasteiger charge is 2.04. The summed E-state index contributed by atoms with van der Waals surface area (Å²) >= 11 is 5.92. The third-order valence-corrected chi connectivity index (χ3v) is 2.48. The summed E-state index contributed by atoms with van der Waals surface area (Å²) in [6, 6.07) is 9.40. The van der Waals surface area contributed by atoms with E-state index in [1.54, 1.807) is 6.07 Å². The normalized spacial score (nSPS) is 10.4. The number of phenols is 1. The van der Waals surface area contributed by atoms with Gasteiger partial charge in [-0.2, -0.15) is 0 Å². The second-order valence-electron chi connectivity index (χ2n) is 3.72. The highest BCUT2D eigenvalue weighted by Crippen LogP contribution is 2.28. The van der Waals surface area contributed by atoms with E-state index in [4.69, 9.17) is 11.6 Å². The van der Waals surface area contributed by atoms with Crippen molar-refractivity contribution in [3.05, 3.63) is 52.8 Å². The quantitative estimate of drug-likeness (QED) is 0.788. The van der Waals surface area contributed by atoms with Gasteiger partial charge in [-0.05, 0) is 47.9 Å². The molecule has 0 aliphatic heterocycles. The van der Waals surface area contributed by atoms with Gasteiger partial charge in [-0.15, -0.1) is 0 Å². The first-order valence-electron chi connectivity index (χ1n) is 4.82. The fourth-order valence-electron chi connectivity index (χ4n) is 1.64. The van der Waals surface area contributed by atoms with E-state index in [1.165, 1.54) is 12.1 Å². The lowest BCUT2D eigenvalue weighted by Gasteiger charge is -2.05. The predicted octanol–water partition coefficient (Wildman–Crippen LogP) is 4.16. The Morgan fingerprint density at radius 3 is 2.31 bits per heavy atom. The molecule has 0 unspecified atom stereocenters. The van der Waals surface area contributed by atoms with E-state index in [0.29, 0.717) is 10.6 Å². The SMILES string of the molecule is Cc1cc(Cl)cc(-c2cc(O)cc(F)c2)c1. The summed E-state index contributed by atoms with van der Waals surface area (Å²) in [5.74, 6) is -0.555. The highest BCUT2D eigenvalue weighted by atomic mass is 35.5. The van der Waals surface area contributed by atoms with Gasteiger partial charge < -0.3 is 5.11 Å². The standard InChI is InChI=1S/C13H10ClFO/c1-8-2-9(4-11(14)3-8)10-5-12(15)7-13(16)6-10/h2-7,16H,1H3. The van der Waals surface area contributed by atoms with Crippen molar-refractivity contribution in [3.8, 4) is 16.9 Å². The third kappa shape index (κ3) is 2.34. The molecule has 0 amide bonds. The van der Waals surface area contributed by atoms with Gasteiger partial charge in [-0.25, -0.2) is 4.39 Å². The largest absolute Gasteiger partial charge is 0.508 e. The summed E-state index contributed by atoms with van der Waals surface area (Å²) in [7, 11) is 0. The maximum atomic E-state index is 13.1. The maximum absolute atomic E-state index is 13.1. The molecule has 0 radical (unpaired) electrons. The van der Waals surface area contributed by atoms with Crippen LogP contribution in [0.4, 0.5) is 4.39 Å². The van der Waals surface area contributed by atoms with Crippen LogP contribution >= 0.6 is 11.6 Å². The van der Waals surface area contributed by atoms with Crippen molar-refractivity contribution >= 4 is 11.6 Å². The monoisotopic (exact) mass is 236 g/mol. The van der Waals surface area contributed by atoms with E-state index in [1.807, 2.05) is 19.1 Å². The second-order valence-corrected chi connectivity index (χ2v) is 4.15. The van der Waals surface area contributed by atoms with E-state index in [9.17, 15) is 9.50 Å². The van der Waals surface area contributed by atoms with Crippen molar-refractivity contribution in [1.29, 1.82) is 0 Å². The van der Waals surface area contributed by atoms with Crippen LogP contribution in [0.3, 0.4) is 0 Å². The summed E-state index contributed by atoms with van der Waals surface area (Å²) in [5.41, 5.74) is 2.40. The molecule has 0 atom stereocenters. The van der Waals surface area contributed by atoms with Crippen molar-refractivity contribution in [2.24, 2.45) is 0 Å². The predicted molar refractivity (Wildman–Crippen MR) is 63.2 cm³/mol. The molecule has 0 fully saturated rings. The fraction of sp³-hybridized carbons (Fsp3) is 0.0769. The van der Waals surface area contributed by atoms with Crippen LogP contribution in [0.2, 0.25) is 5.02 Å². The van der Waals surface area contributed by atoms with E-state index in [2.05, 4.69) is 0 Å². The van der Waals surface area contributed by atoms with Gasteiger partial charge >= 0.3 is 0 Å². The van der Waals surface area contributed by atoms with Gasteiger partial charge in [0, 0.05) is 11.1 Å². The zero-order valence-corrected chi connectivity index (χ0v) is 9.42. The average Bonchev–Trinajstić information content (AvgIpc) is 2.14. The van der Waals surface area contributed by atoms with E-state index in [0.717, 1.165) is 17.2 Å². The lowest BCUT2D eigenvalue weighted by atomic mass is 10.0. The van der Waals surface area contributed by atoms with Crippen molar-refractivity contribution in [1.82, 2.24) is 0 Å². The molecule has 0 saturated heterocycles. The molecular formula is C13H10ClFO. The smallest absolute Gasteiger partial charge is 0.127 e. The number of hydrogen-bond acceptors (Lipinski definition) is 1. The molecule has 0 aromatic heterocycles. The summed E-state index contributed by atoms with van der Waals surface area (Å²) in [6.45, 7) is 1.91. The molecule has 2 aromatic rings. The lowest BCUT2D eigenvalue weighted by Crippen LogP contribution is -1.83. The van der Waals surface area contributed by atoms with Crippen molar-refractivity contribution in [2.75, 3.05) is 0 Å². The topological polar surface area (TPSA) is 20.2 Å². The van der Waals surface area contributed by atoms with Crippen LogP contribution in [-0.4, -0.2) is 5.11 Å². The highest BCUT2D eigenvalue weighted by molar-refractivity contribution is 6.30. The first kappa shape index (κ1) is 11.0. The van der Waals surface area contributed by atoms with Crippen LogP contribution in [0.15, 0.2) is 36.4 Å². The Bertz CT molecular complexity index is 447. The van der Waals surface area contributed by atoms with Gasteiger partial charge in [0.1, 0.15) is 11.6 Å². The number of benzene rings is 2. The summed E-state index contributed by atoms with van der Waals surface area (Å²) in [6.07, 6.45) is 0. The minimum Gasteiger partial charge on any atom is -0.508 e. The van der Waals surface area contributed by atoms with Gasteiger partial charge in [-0.1, -0.05) is 17.7 Å². The molecule has 2 aromatic carbocycles. The van der Waals surface area contributed by atoms with Crippen LogP contribution in [0.25, 0.3) is 11.1 Å². The van der Waals surface area contributed by atoms with E-state index in [-0.39, 0.29) is 5.75 Å². The van der Waals surface area contributed by atoms with Crippen molar-refractivity contribution < 1.29 is 9.50 Å². The fourth-order valence-corrected chi connectivity index (χ4v) is 1.93. The molecule has 1 nitrogen and oxygen atoms in total. The Kier molecular flexibility index (Phi) is 2.84. The van der Waals surface area contributed by atoms with Gasteiger partial charge in [0.25, 0.3) is 0 Å². The number of phenolic OH excluding ortho intramolecular Hbond substituents is 1. The zero-order chi connectivity index (χ0) is 11.7. The Hall–Kier alpha value is -1.54. The van der Waals surface area contributed by atoms with Crippen molar-refractivity contribution in [3.63, 3.8) is 0 Å². The van der Waals surface area contributed by atoms with Gasteiger partial charge in [0.05, 0.1) is 0 Å². The first-order valence-corrected chi connectivity index (χ1v) is 5.19. The average molecular weight is 237 g/mol. The number of halogens is 2. The number of hydrogen-bond donors (Lipinski definition) is 1. The Balaban J connectivity index is 2.57. The zero-order valence-electron chi connectivity index (χ0n) is 8.67. The molecule has 0 heterocycles. The van der Waals surface area contributed by atoms with E-state index >= 15 is 0 Å². The Morgan fingerprint density at radius 2 is 1.69 bits per heavy atom. The molecule has 2 rings (SSSR count). The van der Waals surface area contributed by atoms with Crippen LogP contribution in [0.1, 0.15) is 5.56 Å². The summed E-state index contributed by atoms with van der Waals surface area (Å²) < 4.78 is 13.1. The lowest BCUT2D eigenvalue weighted by molar-refractivity contribution is 0.469. The minimum atomic E-state index is -0.465. The maximum Gasteiger partial charge on any atom is 0.127 e. The van der Waals surface area contributed by atoms with Gasteiger partial charge in [0.2, 0.25) is 0 Å². The van der Waals surface area contributed by atoms with Crippen LogP contribution in [0.5, 0.6) is 5.75 Å². The molecule has 82 valence electrons. The number of aryl methyl sites for hydroxylation is 1. The van der Waals surface area contributed by atoms with Crippen LogP contribution in [-0.2, 0) is 0 Å². The van der Waals surface area contributed by atoms with Crippen molar-refractivity contribution in [2.45, 2.75) is 6.92 Å². The van der Waals surface area contributed by atoms with Gasteiger partial charge in [0.15, 0.2) is 0 Å². The van der Waals surface area contributed by atoms with Crippen LogP contribution < -0.4 is 0 Å². The Morgan fingerprint density at radius 1 is 1.00 bits per heavy atom. The first-order chi connectivity index (χ1) is 7.54. The molecule has 0 aliphatic carbocycles. The summed E-state index contributed by atoms with van der Waals surface area (Å²) in [4.78, 5) is 0. The minimum absolute atomic E-state index is 0.0902. The molecule has 3 heteroatoms. The summed E-state index contributed by atoms with van der Waals surface area (Å²) in [5, 5.41) is 9.92. The third-order valence-electron chi connectivity index (χ3n) is 2.26. The van der Waals surface area contributed by atoms with E-state index < -0.39 is 5.82 Å². The molecule has 0 saturated carbocycles. The molecule has 0 spiro atoms. The molecule has 0 bridgehead atoms. The molecule has 16 heavy (non-hydrogen) atoms. The molecular weight excluding hydrogens is 227 g/mol. The second kappa shape index (κ2) is 4.14. The van der Waals surface area contributed by atoms with Crippen LogP contribution in [0, 0.1) is 12.7 Å².